The smallest absolute Gasteiger partial charge is 0.277 e. The van der Waals surface area contributed by atoms with Crippen LogP contribution < -0.4 is 22.1 Å². The van der Waals surface area contributed by atoms with E-state index < -0.39 is 11.8 Å². The first kappa shape index (κ1) is 7.07. The minimum Gasteiger partial charge on any atom is -0.331 e. The number of imidazole rings is 1. The van der Waals surface area contributed by atoms with Crippen molar-refractivity contribution in [1.82, 2.24) is 15.3 Å². The molecule has 7 heteroatoms. The summed E-state index contributed by atoms with van der Waals surface area (Å²) in [5.74, 6) is -1.37. The van der Waals surface area contributed by atoms with Crippen molar-refractivity contribution in [2.45, 2.75) is 5.91 Å². The second-order valence-electron chi connectivity index (χ2n) is 2.57. The number of hydrogen-bond acceptors (Lipinski definition) is 5. The van der Waals surface area contributed by atoms with E-state index in [-0.39, 0.29) is 5.69 Å². The van der Waals surface area contributed by atoms with Gasteiger partial charge >= 0.3 is 0 Å². The molecule has 12 heavy (non-hydrogen) atoms. The number of nitrogens with zero attached hydrogens (tertiary/aromatic N) is 1. The maximum atomic E-state index is 11.2. The molecule has 1 aromatic rings. The minimum absolute atomic E-state index is 0.265. The zero-order chi connectivity index (χ0) is 8.77. The van der Waals surface area contributed by atoms with Crippen LogP contribution in [0.5, 0.6) is 0 Å². The molecule has 7 N–H and O–H groups in total. The van der Waals surface area contributed by atoms with Gasteiger partial charge in [-0.1, -0.05) is 0 Å². The Morgan fingerprint density at radius 1 is 1.42 bits per heavy atom. The fourth-order valence-corrected chi connectivity index (χ4v) is 1.05. The molecule has 0 aromatic carbocycles. The zero-order valence-corrected chi connectivity index (χ0v) is 6.09. The number of nitrogens with one attached hydrogen (secondary N) is 3. The number of nitrogens with two attached hydrogens (primary N) is 2. The maximum Gasteiger partial charge on any atom is 0.277 e. The molecule has 0 bridgehead atoms. The van der Waals surface area contributed by atoms with E-state index in [0.717, 1.165) is 0 Å². The molecular formula is C5H8N6O. The van der Waals surface area contributed by atoms with Crippen LogP contribution in [-0.4, -0.2) is 21.8 Å². The topological polar surface area (TPSA) is 122 Å². The predicted molar refractivity (Wildman–Crippen MR) is 40.8 cm³/mol. The quantitative estimate of drug-likeness (QED) is 0.289. The number of aromatic nitrogens is 2. The van der Waals surface area contributed by atoms with Gasteiger partial charge in [0.05, 0.1) is 6.33 Å². The molecule has 0 aliphatic carbocycles. The van der Waals surface area contributed by atoms with Crippen molar-refractivity contribution >= 4 is 11.7 Å². The van der Waals surface area contributed by atoms with Gasteiger partial charge in [-0.2, -0.15) is 0 Å². The summed E-state index contributed by atoms with van der Waals surface area (Å²) in [6.07, 6.45) is 1.39. The van der Waals surface area contributed by atoms with Crippen molar-refractivity contribution in [2.75, 3.05) is 5.32 Å². The number of carbonyl (C=O) groups excluding carboxylic acids is 1. The predicted octanol–water partition coefficient (Wildman–Crippen LogP) is -1.91. The van der Waals surface area contributed by atoms with Crippen LogP contribution in [-0.2, 0) is 0 Å². The number of rotatable bonds is 0. The second kappa shape index (κ2) is 1.96. The van der Waals surface area contributed by atoms with Crippen molar-refractivity contribution < 1.29 is 4.79 Å². The number of hydrogen-bond donors (Lipinski definition) is 5. The van der Waals surface area contributed by atoms with Crippen molar-refractivity contribution in [3.05, 3.63) is 12.0 Å². The third kappa shape index (κ3) is 0.917. The number of fused-ring (bicyclic) bond motifs is 1. The van der Waals surface area contributed by atoms with E-state index in [1.54, 1.807) is 0 Å². The number of anilines is 1. The van der Waals surface area contributed by atoms with Gasteiger partial charge in [-0.15, -0.1) is 0 Å². The Hall–Kier alpha value is -1.60. The summed E-state index contributed by atoms with van der Waals surface area (Å²) in [6, 6.07) is 0. The second-order valence-corrected chi connectivity index (χ2v) is 2.57. The Labute approximate surface area is 67.5 Å². The number of amides is 1. The van der Waals surface area contributed by atoms with E-state index in [9.17, 15) is 4.79 Å². The molecular weight excluding hydrogens is 160 g/mol. The van der Waals surface area contributed by atoms with E-state index in [1.807, 2.05) is 0 Å². The lowest BCUT2D eigenvalue weighted by molar-refractivity contribution is 0.0900. The summed E-state index contributed by atoms with van der Waals surface area (Å²) < 4.78 is 0. The average Bonchev–Trinajstić information content (AvgIpc) is 2.31. The van der Waals surface area contributed by atoms with E-state index in [0.29, 0.717) is 5.82 Å². The molecule has 1 aromatic heterocycles. The van der Waals surface area contributed by atoms with Crippen LogP contribution in [0.3, 0.4) is 0 Å². The van der Waals surface area contributed by atoms with Crippen LogP contribution in [0.4, 0.5) is 5.82 Å². The van der Waals surface area contributed by atoms with Crippen molar-refractivity contribution in [3.63, 3.8) is 0 Å². The molecule has 1 aliphatic rings. The minimum atomic E-state index is -1.41. The molecule has 0 spiro atoms. The first-order valence-electron chi connectivity index (χ1n) is 3.30. The van der Waals surface area contributed by atoms with Gasteiger partial charge in [0.2, 0.25) is 5.91 Å². The van der Waals surface area contributed by atoms with Crippen molar-refractivity contribution in [2.24, 2.45) is 11.5 Å². The molecule has 0 atom stereocenters. The summed E-state index contributed by atoms with van der Waals surface area (Å²) in [5.41, 5.74) is 11.1. The highest BCUT2D eigenvalue weighted by molar-refractivity contribution is 5.99. The van der Waals surface area contributed by atoms with E-state index in [4.69, 9.17) is 11.5 Å². The standard InChI is InChI=1S/C5H8N6O/c6-5(7)10-3-2(4(12)11-5)8-1-9-3/h1,10H,6-7H2,(H,8,9)(H,11,12). The SMILES string of the molecule is NC1(N)NC(=O)c2nc[nH]c2N1. The largest absolute Gasteiger partial charge is 0.331 e. The normalized spacial score (nSPS) is 19.3. The molecule has 0 fully saturated rings. The molecule has 7 nitrogen and oxygen atoms in total. The lowest BCUT2D eigenvalue weighted by Crippen LogP contribution is -2.70. The molecule has 2 heterocycles. The third-order valence-corrected chi connectivity index (χ3v) is 1.51. The molecule has 0 unspecified atom stereocenters. The number of H-pyrrole nitrogens is 1. The van der Waals surface area contributed by atoms with Crippen LogP contribution in [0.2, 0.25) is 0 Å². The molecule has 2 rings (SSSR count). The van der Waals surface area contributed by atoms with Gasteiger partial charge in [-0.25, -0.2) is 4.98 Å². The Kier molecular flexibility index (Phi) is 1.15. The first-order chi connectivity index (χ1) is 5.58. The highest BCUT2D eigenvalue weighted by Crippen LogP contribution is 2.14. The van der Waals surface area contributed by atoms with E-state index in [1.165, 1.54) is 6.33 Å². The van der Waals surface area contributed by atoms with Crippen LogP contribution in [0, 0.1) is 0 Å². The van der Waals surface area contributed by atoms with Gasteiger partial charge in [0.15, 0.2) is 5.69 Å². The fourth-order valence-electron chi connectivity index (χ4n) is 1.05. The summed E-state index contributed by atoms with van der Waals surface area (Å²) in [7, 11) is 0. The summed E-state index contributed by atoms with van der Waals surface area (Å²) in [5, 5.41) is 4.97. The molecule has 64 valence electrons. The van der Waals surface area contributed by atoms with Crippen molar-refractivity contribution in [3.8, 4) is 0 Å². The van der Waals surface area contributed by atoms with Gasteiger partial charge in [-0.05, 0) is 0 Å². The van der Waals surface area contributed by atoms with Gasteiger partial charge in [0.1, 0.15) is 5.82 Å². The molecule has 0 saturated carbocycles. The van der Waals surface area contributed by atoms with Gasteiger partial charge in [0.25, 0.3) is 5.91 Å². The average molecular weight is 168 g/mol. The van der Waals surface area contributed by atoms with Gasteiger partial charge in [0, 0.05) is 0 Å². The van der Waals surface area contributed by atoms with Crippen LogP contribution >= 0.6 is 0 Å². The van der Waals surface area contributed by atoms with Crippen LogP contribution in [0.25, 0.3) is 0 Å². The Bertz CT molecular complexity index is 328. The van der Waals surface area contributed by atoms with Gasteiger partial charge in [-0.3, -0.25) is 16.3 Å². The number of carbonyl (C=O) groups is 1. The van der Waals surface area contributed by atoms with Crippen LogP contribution in [0.1, 0.15) is 10.5 Å². The lowest BCUT2D eigenvalue weighted by Gasteiger charge is -2.30. The Balaban J connectivity index is 2.45. The fraction of sp³-hybridized carbons (Fsp3) is 0.200. The highest BCUT2D eigenvalue weighted by Gasteiger charge is 2.31. The van der Waals surface area contributed by atoms with E-state index >= 15 is 0 Å². The maximum absolute atomic E-state index is 11.2. The first-order valence-corrected chi connectivity index (χ1v) is 3.30. The number of aromatic amines is 1. The summed E-state index contributed by atoms with van der Waals surface area (Å²) >= 11 is 0. The molecule has 1 amide bonds. The Morgan fingerprint density at radius 3 is 2.92 bits per heavy atom. The molecule has 1 aliphatic heterocycles. The van der Waals surface area contributed by atoms with Crippen molar-refractivity contribution in [1.29, 1.82) is 0 Å². The van der Waals surface area contributed by atoms with Gasteiger partial charge < -0.3 is 15.6 Å². The zero-order valence-electron chi connectivity index (χ0n) is 6.09. The summed E-state index contributed by atoms with van der Waals surface area (Å²) in [4.78, 5) is 17.6. The highest BCUT2D eigenvalue weighted by atomic mass is 16.2. The molecule has 0 radical (unpaired) electrons. The Morgan fingerprint density at radius 2 is 2.17 bits per heavy atom. The molecule has 0 saturated heterocycles. The van der Waals surface area contributed by atoms with Crippen LogP contribution in [0.15, 0.2) is 6.33 Å². The summed E-state index contributed by atoms with van der Waals surface area (Å²) in [6.45, 7) is 0. The monoisotopic (exact) mass is 168 g/mol. The van der Waals surface area contributed by atoms with E-state index in [2.05, 4.69) is 20.6 Å². The third-order valence-electron chi connectivity index (χ3n) is 1.51. The lowest BCUT2D eigenvalue weighted by atomic mass is 10.3.